The summed E-state index contributed by atoms with van der Waals surface area (Å²) >= 11 is 12.3. The second kappa shape index (κ2) is 37.5. The standard InChI is InChI=1S/C24H22FN3O2S2.C15H11ClFNOS.C9H12N2OS.2C6H14.2C5H12/c1-16-21(26-8-10-27(11-9-26)24(30)20-6-3-12-31-20)22-19(7-13-32-22)28(23(16)29)15-17-4-2-5-18(25)14-17;1-9-13(16)14-12(5-6-20-14)18(15(9)19)8-10-3-2-4-11(17)7-10;12-9(8-2-1-7-13-8)11-5-3-10-4-6-11;2*1-5(2)6(3)4;2*1-4-5(2)3/h2-7,12-14H,8-11,15H2,1H3;2-7H,8H2,1H3;1-2,7,10H,3-6H2;2*5-6H,1-4H3;2*5H,4H2,1-3H3. The number of pyridine rings is 2. The van der Waals surface area contributed by atoms with Crippen molar-refractivity contribution in [2.75, 3.05) is 57.3 Å². The van der Waals surface area contributed by atoms with Crippen LogP contribution in [-0.4, -0.2) is 83.1 Å². The third-order valence-corrected chi connectivity index (χ3v) is 19.7. The van der Waals surface area contributed by atoms with E-state index in [1.807, 2.05) is 80.7 Å². The first-order valence-electron chi connectivity index (χ1n) is 30.8. The van der Waals surface area contributed by atoms with Crippen LogP contribution in [0.25, 0.3) is 20.4 Å². The highest BCUT2D eigenvalue weighted by atomic mass is 35.5. The zero-order valence-corrected chi connectivity index (χ0v) is 58.5. The fourth-order valence-corrected chi connectivity index (χ4v) is 11.6. The van der Waals surface area contributed by atoms with E-state index >= 15 is 0 Å². The smallest absolute Gasteiger partial charge is 0.264 e. The molecule has 87 heavy (non-hydrogen) atoms. The molecule has 0 saturated carbocycles. The Hall–Kier alpha value is -5.49. The molecule has 2 aromatic carbocycles. The maximum Gasteiger partial charge on any atom is 0.264 e. The SMILES string of the molecule is CC(C)C(C)C.CC(C)C(C)C.CCC(C)C.CCC(C)C.Cc1c(Cl)c2sccc2n(Cc2cccc(F)c2)c1=O.Cc1c(N2CCN(C(=O)c3cccs3)CC2)c2sccc2n(Cc2cccc(F)c2)c1=O.O=C(c1cccs1)N1CCNCC1. The quantitative estimate of drug-likeness (QED) is 0.138. The van der Waals surface area contributed by atoms with Crippen molar-refractivity contribution in [2.24, 2.45) is 35.5 Å². The predicted octanol–water partition coefficient (Wildman–Crippen LogP) is 18.3. The van der Waals surface area contributed by atoms with Crippen LogP contribution < -0.4 is 21.3 Å². The van der Waals surface area contributed by atoms with E-state index < -0.39 is 0 Å². The van der Waals surface area contributed by atoms with Crippen molar-refractivity contribution < 1.29 is 18.4 Å². The van der Waals surface area contributed by atoms with Crippen LogP contribution in [0.5, 0.6) is 0 Å². The number of piperazine rings is 2. The summed E-state index contributed by atoms with van der Waals surface area (Å²) < 4.78 is 32.2. The Morgan fingerprint density at radius 2 is 0.908 bits per heavy atom. The van der Waals surface area contributed by atoms with E-state index in [1.165, 1.54) is 71.1 Å². The molecule has 2 aliphatic heterocycles. The molecule has 2 amide bonds. The maximum absolute atomic E-state index is 13.7. The van der Waals surface area contributed by atoms with Gasteiger partial charge >= 0.3 is 0 Å². The van der Waals surface area contributed by atoms with Crippen LogP contribution in [0.4, 0.5) is 14.5 Å². The lowest BCUT2D eigenvalue weighted by Gasteiger charge is -2.37. The number of nitrogens with one attached hydrogen (secondary N) is 1. The number of amides is 2. The van der Waals surface area contributed by atoms with Gasteiger partial charge in [-0.1, -0.05) is 158 Å². The Morgan fingerprint density at radius 1 is 0.517 bits per heavy atom. The average molecular weight is 1290 g/mol. The van der Waals surface area contributed by atoms with Gasteiger partial charge in [-0.2, -0.15) is 0 Å². The summed E-state index contributed by atoms with van der Waals surface area (Å²) in [5.74, 6) is 4.82. The van der Waals surface area contributed by atoms with Crippen molar-refractivity contribution in [1.82, 2.24) is 24.3 Å². The van der Waals surface area contributed by atoms with Crippen LogP contribution in [-0.2, 0) is 13.1 Å². The molecule has 8 heterocycles. The largest absolute Gasteiger partial charge is 0.366 e. The molecule has 2 saturated heterocycles. The fraction of sp³-hybridized carbons (Fsp3) is 0.486. The molecule has 2 aliphatic rings. The normalized spacial score (nSPS) is 13.0. The van der Waals surface area contributed by atoms with Crippen molar-refractivity contribution in [3.05, 3.63) is 176 Å². The Labute approximate surface area is 539 Å². The molecule has 2 fully saturated rings. The summed E-state index contributed by atoms with van der Waals surface area (Å²) in [4.78, 5) is 57.8. The molecule has 0 aliphatic carbocycles. The van der Waals surface area contributed by atoms with Crippen LogP contribution >= 0.6 is 56.9 Å². The van der Waals surface area contributed by atoms with Crippen LogP contribution in [0, 0.1) is 61.0 Å². The maximum atomic E-state index is 13.7. The number of benzene rings is 2. The van der Waals surface area contributed by atoms with Crippen molar-refractivity contribution in [1.29, 1.82) is 0 Å². The summed E-state index contributed by atoms with van der Waals surface area (Å²) in [7, 11) is 0. The van der Waals surface area contributed by atoms with Gasteiger partial charge < -0.3 is 29.2 Å². The molecular weight excluding hydrogens is 1190 g/mol. The van der Waals surface area contributed by atoms with Gasteiger partial charge in [0.25, 0.3) is 22.9 Å². The molecule has 0 radical (unpaired) electrons. The highest BCUT2D eigenvalue weighted by Crippen LogP contribution is 2.34. The molecule has 0 spiro atoms. The van der Waals surface area contributed by atoms with Crippen LogP contribution in [0.15, 0.2) is 116 Å². The third kappa shape index (κ3) is 23.1. The number of carbonyl (C=O) groups excluding carboxylic acids is 2. The molecule has 0 atom stereocenters. The molecule has 0 unspecified atom stereocenters. The minimum absolute atomic E-state index is 0.0627. The van der Waals surface area contributed by atoms with E-state index in [4.69, 9.17) is 11.6 Å². The number of anilines is 1. The van der Waals surface area contributed by atoms with Gasteiger partial charge in [0, 0.05) is 63.5 Å². The van der Waals surface area contributed by atoms with E-state index in [1.54, 1.807) is 45.6 Å². The van der Waals surface area contributed by atoms with Gasteiger partial charge in [-0.15, -0.1) is 45.3 Å². The lowest BCUT2D eigenvalue weighted by atomic mass is 10.0. The van der Waals surface area contributed by atoms with Crippen LogP contribution in [0.3, 0.4) is 0 Å². The monoisotopic (exact) mass is 1290 g/mol. The number of rotatable bonds is 11. The molecule has 10 rings (SSSR count). The van der Waals surface area contributed by atoms with Crippen molar-refractivity contribution in [3.8, 4) is 0 Å². The molecular formula is C70H97ClF2N6O4S4. The van der Waals surface area contributed by atoms with Gasteiger partial charge in [-0.05, 0) is 131 Å². The van der Waals surface area contributed by atoms with E-state index in [9.17, 15) is 28.0 Å². The minimum Gasteiger partial charge on any atom is -0.366 e. The molecule has 8 aromatic rings. The molecule has 476 valence electrons. The van der Waals surface area contributed by atoms with Crippen molar-refractivity contribution in [2.45, 2.75) is 137 Å². The van der Waals surface area contributed by atoms with Gasteiger partial charge in [-0.25, -0.2) is 8.78 Å². The first-order valence-corrected chi connectivity index (χ1v) is 34.7. The van der Waals surface area contributed by atoms with Crippen LogP contribution in [0.2, 0.25) is 5.02 Å². The summed E-state index contributed by atoms with van der Waals surface area (Å²) in [6, 6.07) is 24.0. The van der Waals surface area contributed by atoms with Crippen molar-refractivity contribution in [3.63, 3.8) is 0 Å². The predicted molar refractivity (Wildman–Crippen MR) is 373 cm³/mol. The average Bonchev–Trinajstić information content (AvgIpc) is 1.95. The van der Waals surface area contributed by atoms with E-state index in [-0.39, 0.29) is 34.6 Å². The number of fused-ring (bicyclic) bond motifs is 2. The van der Waals surface area contributed by atoms with E-state index in [0.717, 1.165) is 109 Å². The number of thiophene rings is 4. The lowest BCUT2D eigenvalue weighted by Crippen LogP contribution is -2.49. The summed E-state index contributed by atoms with van der Waals surface area (Å²) in [6.07, 6.45) is 2.61. The second-order valence-corrected chi connectivity index (χ2v) is 28.2. The Balaban J connectivity index is 0.000000251. The second-order valence-electron chi connectivity index (χ2n) is 24.1. The molecule has 6 aromatic heterocycles. The topological polar surface area (TPSA) is 99.9 Å². The number of aromatic nitrogens is 2. The highest BCUT2D eigenvalue weighted by molar-refractivity contribution is 7.18. The van der Waals surface area contributed by atoms with Gasteiger partial charge in [0.2, 0.25) is 0 Å². The Bertz CT molecular complexity index is 3390. The first-order chi connectivity index (χ1) is 41.3. The van der Waals surface area contributed by atoms with E-state index in [2.05, 4.69) is 107 Å². The van der Waals surface area contributed by atoms with Crippen LogP contribution in [0.1, 0.15) is 151 Å². The number of halogens is 3. The van der Waals surface area contributed by atoms with E-state index in [0.29, 0.717) is 55.4 Å². The first kappa shape index (κ1) is 74.0. The Morgan fingerprint density at radius 3 is 1.29 bits per heavy atom. The summed E-state index contributed by atoms with van der Waals surface area (Å²) in [6.45, 7) is 41.5. The minimum atomic E-state index is -0.305. The molecule has 1 N–H and O–H groups in total. The van der Waals surface area contributed by atoms with Gasteiger partial charge in [-0.3, -0.25) is 19.2 Å². The number of carbonyl (C=O) groups is 2. The third-order valence-electron chi connectivity index (χ3n) is 15.6. The Kier molecular flexibility index (Phi) is 31.9. The fourth-order valence-electron chi connectivity index (χ4n) is 7.97. The molecule has 0 bridgehead atoms. The molecule has 10 nitrogen and oxygen atoms in total. The zero-order chi connectivity index (χ0) is 64.5. The van der Waals surface area contributed by atoms with Gasteiger partial charge in [0.05, 0.1) is 54.0 Å². The number of hydrogen-bond acceptors (Lipinski definition) is 10. The van der Waals surface area contributed by atoms with Gasteiger partial charge in [0.1, 0.15) is 11.6 Å². The van der Waals surface area contributed by atoms with Gasteiger partial charge in [0.15, 0.2) is 0 Å². The number of nitrogens with zero attached hydrogens (tertiary/aromatic N) is 5. The molecule has 17 heteroatoms. The highest BCUT2D eigenvalue weighted by Gasteiger charge is 2.27. The lowest BCUT2D eigenvalue weighted by molar-refractivity contribution is 0.0737. The summed E-state index contributed by atoms with van der Waals surface area (Å²) in [5.41, 5.74) is 5.14. The zero-order valence-electron chi connectivity index (χ0n) is 54.5. The summed E-state index contributed by atoms with van der Waals surface area (Å²) in [5, 5.41) is 11.5. The number of hydrogen-bond donors (Lipinski definition) is 1. The van der Waals surface area contributed by atoms with Crippen molar-refractivity contribution >= 4 is 94.9 Å².